The molecule has 1 rings (SSSR count). The molecule has 102 valence electrons. The van der Waals surface area contributed by atoms with E-state index < -0.39 is 0 Å². The van der Waals surface area contributed by atoms with Crippen LogP contribution in [0.2, 0.25) is 0 Å². The van der Waals surface area contributed by atoms with Crippen LogP contribution >= 0.6 is 0 Å². The van der Waals surface area contributed by atoms with Crippen LogP contribution in [0.3, 0.4) is 0 Å². The van der Waals surface area contributed by atoms with Crippen molar-refractivity contribution in [1.82, 2.24) is 0 Å². The molecule has 3 heteroatoms. The van der Waals surface area contributed by atoms with Gasteiger partial charge in [0, 0.05) is 25.2 Å². The van der Waals surface area contributed by atoms with Crippen LogP contribution in [-0.4, -0.2) is 31.5 Å². The Morgan fingerprint density at radius 2 is 1.94 bits per heavy atom. The lowest BCUT2D eigenvalue weighted by Gasteiger charge is -2.31. The summed E-state index contributed by atoms with van der Waals surface area (Å²) in [6.07, 6.45) is 1.77. The Balaban J connectivity index is 2.75. The zero-order chi connectivity index (χ0) is 13.4. The maximum absolute atomic E-state index is 9.73. The summed E-state index contributed by atoms with van der Waals surface area (Å²) in [5, 5.41) is 9.73. The van der Waals surface area contributed by atoms with E-state index in [2.05, 4.69) is 31.2 Å². The molecule has 1 unspecified atom stereocenters. The summed E-state index contributed by atoms with van der Waals surface area (Å²) < 4.78 is 5.35. The topological polar surface area (TPSA) is 55.5 Å². The van der Waals surface area contributed by atoms with Crippen molar-refractivity contribution < 1.29 is 9.84 Å². The van der Waals surface area contributed by atoms with Crippen LogP contribution in [0.4, 0.5) is 0 Å². The van der Waals surface area contributed by atoms with Crippen LogP contribution < -0.4 is 5.73 Å². The van der Waals surface area contributed by atoms with E-state index in [-0.39, 0.29) is 12.0 Å². The molecule has 0 heterocycles. The largest absolute Gasteiger partial charge is 0.395 e. The fraction of sp³-hybridized carbons (Fsp3) is 0.600. The van der Waals surface area contributed by atoms with E-state index in [1.54, 1.807) is 0 Å². The average Bonchev–Trinajstić information content (AvgIpc) is 2.41. The average molecular weight is 251 g/mol. The number of hydrogen-bond acceptors (Lipinski definition) is 3. The Bertz CT molecular complexity index is 331. The van der Waals surface area contributed by atoms with Gasteiger partial charge in [0.1, 0.15) is 0 Å². The van der Waals surface area contributed by atoms with Gasteiger partial charge in [0.25, 0.3) is 0 Å². The highest BCUT2D eigenvalue weighted by molar-refractivity contribution is 5.29. The van der Waals surface area contributed by atoms with Gasteiger partial charge in [0.05, 0.1) is 6.61 Å². The van der Waals surface area contributed by atoms with E-state index in [1.807, 2.05) is 6.92 Å². The molecule has 1 aromatic rings. The lowest BCUT2D eigenvalue weighted by atomic mass is 9.77. The molecule has 0 bridgehead atoms. The van der Waals surface area contributed by atoms with Gasteiger partial charge in [-0.2, -0.15) is 0 Å². The van der Waals surface area contributed by atoms with E-state index in [9.17, 15) is 5.11 Å². The van der Waals surface area contributed by atoms with E-state index >= 15 is 0 Å². The molecule has 0 aliphatic carbocycles. The molecule has 0 aliphatic rings. The summed E-state index contributed by atoms with van der Waals surface area (Å²) in [5.41, 5.74) is 7.91. The SMILES string of the molecule is CCOCCCC(CN)(CO)c1ccc(C)cc1. The summed E-state index contributed by atoms with van der Waals surface area (Å²) in [6.45, 7) is 6.05. The molecule has 3 nitrogen and oxygen atoms in total. The minimum atomic E-state index is -0.329. The van der Waals surface area contributed by atoms with Crippen LogP contribution in [0.15, 0.2) is 24.3 Å². The predicted molar refractivity (Wildman–Crippen MR) is 74.7 cm³/mol. The number of rotatable bonds is 8. The summed E-state index contributed by atoms with van der Waals surface area (Å²) in [5.74, 6) is 0. The van der Waals surface area contributed by atoms with Gasteiger partial charge in [-0.3, -0.25) is 0 Å². The Kier molecular flexibility index (Phi) is 6.33. The highest BCUT2D eigenvalue weighted by atomic mass is 16.5. The minimum Gasteiger partial charge on any atom is -0.395 e. The monoisotopic (exact) mass is 251 g/mol. The van der Waals surface area contributed by atoms with Crippen LogP contribution in [0.1, 0.15) is 30.9 Å². The molecule has 0 aliphatic heterocycles. The van der Waals surface area contributed by atoms with E-state index in [1.165, 1.54) is 5.56 Å². The molecular weight excluding hydrogens is 226 g/mol. The van der Waals surface area contributed by atoms with Gasteiger partial charge in [0.15, 0.2) is 0 Å². The zero-order valence-electron chi connectivity index (χ0n) is 11.5. The van der Waals surface area contributed by atoms with E-state index in [0.29, 0.717) is 6.54 Å². The first-order chi connectivity index (χ1) is 8.68. The lowest BCUT2D eigenvalue weighted by molar-refractivity contribution is 0.125. The van der Waals surface area contributed by atoms with Gasteiger partial charge >= 0.3 is 0 Å². The third kappa shape index (κ3) is 3.80. The number of ether oxygens (including phenoxy) is 1. The van der Waals surface area contributed by atoms with E-state index in [0.717, 1.165) is 31.6 Å². The van der Waals surface area contributed by atoms with Crippen molar-refractivity contribution in [2.75, 3.05) is 26.4 Å². The third-order valence-corrected chi connectivity index (χ3v) is 3.51. The quantitative estimate of drug-likeness (QED) is 0.695. The Labute approximate surface area is 110 Å². The van der Waals surface area contributed by atoms with Gasteiger partial charge in [-0.15, -0.1) is 0 Å². The molecule has 1 aromatic carbocycles. The van der Waals surface area contributed by atoms with Crippen molar-refractivity contribution in [3.63, 3.8) is 0 Å². The van der Waals surface area contributed by atoms with Gasteiger partial charge in [-0.25, -0.2) is 0 Å². The Morgan fingerprint density at radius 3 is 2.44 bits per heavy atom. The molecular formula is C15H25NO2. The van der Waals surface area contributed by atoms with Crippen LogP contribution in [-0.2, 0) is 10.2 Å². The molecule has 0 saturated heterocycles. The van der Waals surface area contributed by atoms with Crippen LogP contribution in [0.25, 0.3) is 0 Å². The number of aryl methyl sites for hydroxylation is 1. The first-order valence-electron chi connectivity index (χ1n) is 6.64. The fourth-order valence-corrected chi connectivity index (χ4v) is 2.16. The standard InChI is InChI=1S/C15H25NO2/c1-3-18-10-4-9-15(11-16,12-17)14-7-5-13(2)6-8-14/h5-8,17H,3-4,9-12,16H2,1-2H3. The van der Waals surface area contributed by atoms with E-state index in [4.69, 9.17) is 10.5 Å². The maximum Gasteiger partial charge on any atom is 0.0540 e. The highest BCUT2D eigenvalue weighted by Gasteiger charge is 2.29. The summed E-state index contributed by atoms with van der Waals surface area (Å²) in [6, 6.07) is 8.27. The number of aliphatic hydroxyl groups is 1. The first-order valence-corrected chi connectivity index (χ1v) is 6.64. The first kappa shape index (κ1) is 15.2. The molecule has 0 radical (unpaired) electrons. The minimum absolute atomic E-state index is 0.0820. The number of aliphatic hydroxyl groups excluding tert-OH is 1. The van der Waals surface area contributed by atoms with Crippen molar-refractivity contribution in [3.05, 3.63) is 35.4 Å². The summed E-state index contributed by atoms with van der Waals surface area (Å²) in [7, 11) is 0. The molecule has 0 saturated carbocycles. The number of benzene rings is 1. The van der Waals surface area contributed by atoms with Crippen LogP contribution in [0, 0.1) is 6.92 Å². The second-order valence-electron chi connectivity index (χ2n) is 4.81. The number of nitrogens with two attached hydrogens (primary N) is 1. The summed E-state index contributed by atoms with van der Waals surface area (Å²) in [4.78, 5) is 0. The van der Waals surface area contributed by atoms with Crippen molar-refractivity contribution in [2.45, 2.75) is 32.1 Å². The van der Waals surface area contributed by atoms with Crippen LogP contribution in [0.5, 0.6) is 0 Å². The van der Waals surface area contributed by atoms with Gasteiger partial charge < -0.3 is 15.6 Å². The Morgan fingerprint density at radius 1 is 1.28 bits per heavy atom. The van der Waals surface area contributed by atoms with Crippen molar-refractivity contribution in [2.24, 2.45) is 5.73 Å². The Hall–Kier alpha value is -0.900. The number of hydrogen-bond donors (Lipinski definition) is 2. The molecule has 3 N–H and O–H groups in total. The van der Waals surface area contributed by atoms with Gasteiger partial charge in [-0.1, -0.05) is 29.8 Å². The maximum atomic E-state index is 9.73. The third-order valence-electron chi connectivity index (χ3n) is 3.51. The highest BCUT2D eigenvalue weighted by Crippen LogP contribution is 2.28. The predicted octanol–water partition coefficient (Wildman–Crippen LogP) is 2.00. The van der Waals surface area contributed by atoms with Crippen molar-refractivity contribution in [3.8, 4) is 0 Å². The van der Waals surface area contributed by atoms with Crippen molar-refractivity contribution >= 4 is 0 Å². The molecule has 1 atom stereocenters. The molecule has 0 aromatic heterocycles. The second-order valence-corrected chi connectivity index (χ2v) is 4.81. The van der Waals surface area contributed by atoms with Gasteiger partial charge in [0.2, 0.25) is 0 Å². The lowest BCUT2D eigenvalue weighted by Crippen LogP contribution is -2.39. The second kappa shape index (κ2) is 7.52. The fourth-order valence-electron chi connectivity index (χ4n) is 2.16. The molecule has 0 fully saturated rings. The normalized spacial score (nSPS) is 14.4. The molecule has 0 spiro atoms. The van der Waals surface area contributed by atoms with Gasteiger partial charge in [-0.05, 0) is 32.3 Å². The smallest absolute Gasteiger partial charge is 0.0540 e. The van der Waals surface area contributed by atoms with Crippen molar-refractivity contribution in [1.29, 1.82) is 0 Å². The molecule has 0 amide bonds. The summed E-state index contributed by atoms with van der Waals surface area (Å²) >= 11 is 0. The molecule has 18 heavy (non-hydrogen) atoms. The zero-order valence-corrected chi connectivity index (χ0v) is 11.5.